The van der Waals surface area contributed by atoms with Gasteiger partial charge in [0.15, 0.2) is 0 Å². The first-order valence-corrected chi connectivity index (χ1v) is 8.48. The highest BCUT2D eigenvalue weighted by Crippen LogP contribution is 2.12. The molecule has 0 unspecified atom stereocenters. The van der Waals surface area contributed by atoms with Gasteiger partial charge < -0.3 is 10.1 Å². The second-order valence-corrected chi connectivity index (χ2v) is 6.11. The largest absolute Gasteiger partial charge is 0.467 e. The molecule has 3 aromatic rings. The molecule has 1 aromatic heterocycles. The van der Waals surface area contributed by atoms with E-state index in [1.165, 1.54) is 19.4 Å². The van der Waals surface area contributed by atoms with Crippen molar-refractivity contribution in [1.29, 1.82) is 0 Å². The number of halogens is 2. The number of hydrogen-bond acceptors (Lipinski definition) is 5. The Labute approximate surface area is 159 Å². The molecule has 1 atom stereocenters. The zero-order valence-corrected chi connectivity index (χ0v) is 15.0. The number of amides is 1. The van der Waals surface area contributed by atoms with Gasteiger partial charge in [-0.2, -0.15) is 0 Å². The molecule has 0 spiro atoms. The van der Waals surface area contributed by atoms with Crippen LogP contribution in [0.2, 0.25) is 0 Å². The van der Waals surface area contributed by atoms with Gasteiger partial charge in [-0.1, -0.05) is 18.2 Å². The van der Waals surface area contributed by atoms with E-state index in [0.717, 1.165) is 6.07 Å². The van der Waals surface area contributed by atoms with Crippen molar-refractivity contribution in [3.63, 3.8) is 0 Å². The molecule has 0 saturated carbocycles. The molecule has 144 valence electrons. The van der Waals surface area contributed by atoms with Crippen molar-refractivity contribution in [2.24, 2.45) is 0 Å². The fourth-order valence-corrected chi connectivity index (χ4v) is 2.72. The maximum Gasteiger partial charge on any atom is 0.328 e. The zero-order chi connectivity index (χ0) is 20.1. The minimum atomic E-state index is -1.02. The molecule has 1 heterocycles. The molecule has 0 aliphatic carbocycles. The Hall–Kier alpha value is -3.42. The third kappa shape index (κ3) is 4.64. The molecule has 28 heavy (non-hydrogen) atoms. The number of methoxy groups -OCH3 is 1. The van der Waals surface area contributed by atoms with E-state index in [4.69, 9.17) is 4.74 Å². The lowest BCUT2D eigenvalue weighted by Crippen LogP contribution is -2.44. The van der Waals surface area contributed by atoms with Gasteiger partial charge in [-0.15, -0.1) is 0 Å². The lowest BCUT2D eigenvalue weighted by atomic mass is 10.1. The van der Waals surface area contributed by atoms with Gasteiger partial charge in [-0.05, 0) is 23.8 Å². The predicted octanol–water partition coefficient (Wildman–Crippen LogP) is 2.35. The third-order valence-corrected chi connectivity index (χ3v) is 4.10. The Balaban J connectivity index is 1.73. The Morgan fingerprint density at radius 2 is 1.89 bits per heavy atom. The van der Waals surface area contributed by atoms with Crippen LogP contribution in [0.3, 0.4) is 0 Å². The Morgan fingerprint density at radius 1 is 1.14 bits per heavy atom. The average Bonchev–Trinajstić information content (AvgIpc) is 2.69. The minimum Gasteiger partial charge on any atom is -0.467 e. The van der Waals surface area contributed by atoms with E-state index < -0.39 is 29.6 Å². The number of nitrogens with zero attached hydrogens (tertiary/aromatic N) is 2. The summed E-state index contributed by atoms with van der Waals surface area (Å²) in [6.07, 6.45) is 1.23. The molecule has 0 fully saturated rings. The molecule has 8 heteroatoms. The maximum absolute atomic E-state index is 13.7. The van der Waals surface area contributed by atoms with Crippen LogP contribution >= 0.6 is 0 Å². The van der Waals surface area contributed by atoms with Crippen molar-refractivity contribution in [2.75, 3.05) is 7.11 Å². The quantitative estimate of drug-likeness (QED) is 0.659. The number of benzene rings is 2. The fourth-order valence-electron chi connectivity index (χ4n) is 2.72. The number of aromatic nitrogens is 2. The van der Waals surface area contributed by atoms with Crippen LogP contribution in [0.5, 0.6) is 0 Å². The molecule has 0 radical (unpaired) electrons. The molecule has 0 aliphatic heterocycles. The van der Waals surface area contributed by atoms with Gasteiger partial charge in [0, 0.05) is 18.7 Å². The van der Waals surface area contributed by atoms with Crippen LogP contribution in [0.25, 0.3) is 11.0 Å². The lowest BCUT2D eigenvalue weighted by Gasteiger charge is -2.16. The highest BCUT2D eigenvalue weighted by Gasteiger charge is 2.23. The number of esters is 1. The van der Waals surface area contributed by atoms with E-state index in [1.54, 1.807) is 6.07 Å². The predicted molar refractivity (Wildman–Crippen MR) is 97.3 cm³/mol. The van der Waals surface area contributed by atoms with E-state index >= 15 is 0 Å². The molecule has 0 aliphatic rings. The molecule has 0 saturated heterocycles. The Morgan fingerprint density at radius 3 is 2.61 bits per heavy atom. The van der Waals surface area contributed by atoms with Crippen molar-refractivity contribution >= 4 is 22.9 Å². The summed E-state index contributed by atoms with van der Waals surface area (Å²) in [5.41, 5.74) is 1.87. The second kappa shape index (κ2) is 8.51. The summed E-state index contributed by atoms with van der Waals surface area (Å²) in [5.74, 6) is -2.83. The third-order valence-electron chi connectivity index (χ3n) is 4.10. The van der Waals surface area contributed by atoms with E-state index in [9.17, 15) is 18.4 Å². The van der Waals surface area contributed by atoms with Gasteiger partial charge in [0.25, 0.3) is 0 Å². The van der Waals surface area contributed by atoms with Crippen molar-refractivity contribution in [3.8, 4) is 0 Å². The Bertz CT molecular complexity index is 1030. The number of rotatable bonds is 6. The highest BCUT2D eigenvalue weighted by molar-refractivity contribution is 5.86. The van der Waals surface area contributed by atoms with E-state index in [1.807, 2.05) is 18.2 Å². The van der Waals surface area contributed by atoms with Gasteiger partial charge >= 0.3 is 5.97 Å². The molecular weight excluding hydrogens is 368 g/mol. The van der Waals surface area contributed by atoms with Crippen LogP contribution in [0.15, 0.2) is 48.7 Å². The van der Waals surface area contributed by atoms with Gasteiger partial charge in [0.2, 0.25) is 5.91 Å². The van der Waals surface area contributed by atoms with Gasteiger partial charge in [-0.25, -0.2) is 18.6 Å². The number of para-hydroxylation sites is 2. The topological polar surface area (TPSA) is 81.2 Å². The first-order chi connectivity index (χ1) is 13.5. The van der Waals surface area contributed by atoms with E-state index in [2.05, 4.69) is 15.3 Å². The molecule has 1 N–H and O–H groups in total. The monoisotopic (exact) mass is 385 g/mol. The number of ether oxygens (including phenoxy) is 1. The molecule has 3 rings (SSSR count). The standard InChI is InChI=1S/C20H17F2N3O3/c1-28-20(27)18(10-14-11-23-16-4-2-3-5-17(16)24-14)25-19(26)8-12-6-7-13(21)9-15(12)22/h2-7,9,11,18H,8,10H2,1H3,(H,25,26)/t18-/m0/s1. The van der Waals surface area contributed by atoms with Crippen LogP contribution in [0, 0.1) is 11.6 Å². The maximum atomic E-state index is 13.7. The second-order valence-electron chi connectivity index (χ2n) is 6.11. The summed E-state index contributed by atoms with van der Waals surface area (Å²) in [4.78, 5) is 33.0. The van der Waals surface area contributed by atoms with Crippen LogP contribution in [0.4, 0.5) is 8.78 Å². The summed E-state index contributed by atoms with van der Waals surface area (Å²) in [6.45, 7) is 0. The first kappa shape index (κ1) is 19.3. The van der Waals surface area contributed by atoms with Crippen LogP contribution in [-0.4, -0.2) is 35.0 Å². The Kier molecular flexibility index (Phi) is 5.88. The van der Waals surface area contributed by atoms with Crippen molar-refractivity contribution in [3.05, 3.63) is 71.6 Å². The van der Waals surface area contributed by atoms with Gasteiger partial charge in [0.05, 0.1) is 30.3 Å². The zero-order valence-electron chi connectivity index (χ0n) is 15.0. The van der Waals surface area contributed by atoms with Gasteiger partial charge in [-0.3, -0.25) is 9.78 Å². The van der Waals surface area contributed by atoms with E-state index in [0.29, 0.717) is 22.8 Å². The number of hydrogen-bond donors (Lipinski definition) is 1. The summed E-state index contributed by atoms with van der Waals surface area (Å²) in [5, 5.41) is 2.51. The fraction of sp³-hybridized carbons (Fsp3) is 0.200. The highest BCUT2D eigenvalue weighted by atomic mass is 19.1. The summed E-state index contributed by atoms with van der Waals surface area (Å²) >= 11 is 0. The molecule has 6 nitrogen and oxygen atoms in total. The SMILES string of the molecule is COC(=O)[C@H](Cc1cnc2ccccc2n1)NC(=O)Cc1ccc(F)cc1F. The van der Waals surface area contributed by atoms with Crippen LogP contribution in [0.1, 0.15) is 11.3 Å². The smallest absolute Gasteiger partial charge is 0.328 e. The number of carbonyl (C=O) groups excluding carboxylic acids is 2. The van der Waals surface area contributed by atoms with E-state index in [-0.39, 0.29) is 18.4 Å². The van der Waals surface area contributed by atoms with Crippen LogP contribution < -0.4 is 5.32 Å². The van der Waals surface area contributed by atoms with Crippen molar-refractivity contribution in [2.45, 2.75) is 18.9 Å². The van der Waals surface area contributed by atoms with Gasteiger partial charge in [0.1, 0.15) is 17.7 Å². The van der Waals surface area contributed by atoms with Crippen molar-refractivity contribution < 1.29 is 23.1 Å². The number of fused-ring (bicyclic) bond motifs is 1. The summed E-state index contributed by atoms with van der Waals surface area (Å²) < 4.78 is 31.5. The molecular formula is C20H17F2N3O3. The average molecular weight is 385 g/mol. The lowest BCUT2D eigenvalue weighted by molar-refractivity contribution is -0.145. The number of carbonyl (C=O) groups is 2. The van der Waals surface area contributed by atoms with Crippen molar-refractivity contribution in [1.82, 2.24) is 15.3 Å². The number of nitrogens with one attached hydrogen (secondary N) is 1. The minimum absolute atomic E-state index is 0.0213. The summed E-state index contributed by atoms with van der Waals surface area (Å²) in [6, 6.07) is 9.18. The molecule has 0 bridgehead atoms. The summed E-state index contributed by atoms with van der Waals surface area (Å²) in [7, 11) is 1.20. The van der Waals surface area contributed by atoms with Crippen LogP contribution in [-0.2, 0) is 27.2 Å². The molecule has 2 aromatic carbocycles. The first-order valence-electron chi connectivity index (χ1n) is 8.48. The normalized spacial score (nSPS) is 11.8. The molecule has 1 amide bonds.